The highest BCUT2D eigenvalue weighted by molar-refractivity contribution is 6.25. The summed E-state index contributed by atoms with van der Waals surface area (Å²) in [5, 5.41) is 11.0. The average Bonchev–Trinajstić information content (AvgIpc) is 2.68. The highest BCUT2D eigenvalue weighted by Crippen LogP contribution is 2.29. The SMILES string of the molecule is C#CCn1c(=O)n(CCC)c(=O)c2c(C)c(C(O)=C3C(=O)CCCC3=O)ccc21. The molecule has 1 N–H and O–H groups in total. The van der Waals surface area contributed by atoms with E-state index in [4.69, 9.17) is 6.42 Å². The monoisotopic (exact) mass is 394 g/mol. The molecule has 2 aromatic rings. The highest BCUT2D eigenvalue weighted by atomic mass is 16.3. The van der Waals surface area contributed by atoms with Gasteiger partial charge in [-0.25, -0.2) is 4.79 Å². The molecular weight excluding hydrogens is 372 g/mol. The third-order valence-electron chi connectivity index (χ3n) is 5.21. The van der Waals surface area contributed by atoms with Crippen molar-refractivity contribution in [3.8, 4) is 12.3 Å². The zero-order valence-electron chi connectivity index (χ0n) is 16.4. The molecule has 0 amide bonds. The van der Waals surface area contributed by atoms with Crippen LogP contribution >= 0.6 is 0 Å². The van der Waals surface area contributed by atoms with Crippen molar-refractivity contribution >= 4 is 28.2 Å². The number of hydrogen-bond acceptors (Lipinski definition) is 5. The highest BCUT2D eigenvalue weighted by Gasteiger charge is 2.28. The van der Waals surface area contributed by atoms with E-state index < -0.39 is 28.6 Å². The predicted molar refractivity (Wildman–Crippen MR) is 110 cm³/mol. The maximum absolute atomic E-state index is 13.1. The summed E-state index contributed by atoms with van der Waals surface area (Å²) in [4.78, 5) is 50.2. The lowest BCUT2D eigenvalue weighted by Gasteiger charge is -2.17. The van der Waals surface area contributed by atoms with Gasteiger partial charge in [-0.15, -0.1) is 6.42 Å². The van der Waals surface area contributed by atoms with Crippen molar-refractivity contribution in [1.29, 1.82) is 0 Å². The molecule has 0 bridgehead atoms. The number of allylic oxidation sites excluding steroid dienone is 1. The Hall–Kier alpha value is -3.40. The van der Waals surface area contributed by atoms with Crippen LogP contribution in [0.4, 0.5) is 0 Å². The molecule has 0 atom stereocenters. The van der Waals surface area contributed by atoms with Gasteiger partial charge in [-0.05, 0) is 37.5 Å². The van der Waals surface area contributed by atoms with E-state index >= 15 is 0 Å². The zero-order chi connectivity index (χ0) is 21.3. The zero-order valence-corrected chi connectivity index (χ0v) is 16.4. The first-order valence-corrected chi connectivity index (χ1v) is 9.53. The van der Waals surface area contributed by atoms with Crippen molar-refractivity contribution in [3.05, 3.63) is 49.7 Å². The minimum absolute atomic E-state index is 0.0117. The van der Waals surface area contributed by atoms with E-state index in [2.05, 4.69) is 5.92 Å². The molecule has 1 aliphatic rings. The number of aliphatic hydroxyl groups excluding tert-OH is 1. The molecule has 0 radical (unpaired) electrons. The van der Waals surface area contributed by atoms with Crippen LogP contribution in [0.25, 0.3) is 16.7 Å². The molecule has 0 aliphatic heterocycles. The molecule has 1 saturated carbocycles. The van der Waals surface area contributed by atoms with Gasteiger partial charge in [0.05, 0.1) is 17.4 Å². The summed E-state index contributed by atoms with van der Waals surface area (Å²) in [6, 6.07) is 3.02. The van der Waals surface area contributed by atoms with Crippen LogP contribution in [-0.2, 0) is 22.7 Å². The van der Waals surface area contributed by atoms with Crippen LogP contribution in [0.5, 0.6) is 0 Å². The van der Waals surface area contributed by atoms with E-state index in [-0.39, 0.29) is 42.5 Å². The van der Waals surface area contributed by atoms with Crippen molar-refractivity contribution in [2.24, 2.45) is 0 Å². The molecule has 1 aliphatic carbocycles. The van der Waals surface area contributed by atoms with E-state index in [9.17, 15) is 24.3 Å². The quantitative estimate of drug-likeness (QED) is 0.371. The first-order chi connectivity index (χ1) is 13.8. The third-order valence-corrected chi connectivity index (χ3v) is 5.21. The number of rotatable bonds is 4. The number of aryl methyl sites for hydroxylation is 1. The maximum Gasteiger partial charge on any atom is 0.332 e. The Balaban J connectivity index is 2.40. The second-order valence-electron chi connectivity index (χ2n) is 7.09. The van der Waals surface area contributed by atoms with Crippen LogP contribution in [0.1, 0.15) is 43.7 Å². The van der Waals surface area contributed by atoms with Gasteiger partial charge in [0.2, 0.25) is 0 Å². The number of ketones is 2. The Morgan fingerprint density at radius 2 is 1.79 bits per heavy atom. The molecule has 0 spiro atoms. The van der Waals surface area contributed by atoms with Crippen LogP contribution in [0.2, 0.25) is 0 Å². The van der Waals surface area contributed by atoms with Gasteiger partial charge in [0.15, 0.2) is 11.6 Å². The van der Waals surface area contributed by atoms with Crippen LogP contribution < -0.4 is 11.2 Å². The number of aliphatic hydroxyl groups is 1. The molecule has 7 nitrogen and oxygen atoms in total. The van der Waals surface area contributed by atoms with Gasteiger partial charge in [0.25, 0.3) is 5.56 Å². The van der Waals surface area contributed by atoms with Crippen LogP contribution in [0, 0.1) is 19.3 Å². The minimum Gasteiger partial charge on any atom is -0.506 e. The number of aromatic nitrogens is 2. The Kier molecular flexibility index (Phi) is 5.55. The summed E-state index contributed by atoms with van der Waals surface area (Å²) in [6.45, 7) is 3.68. The van der Waals surface area contributed by atoms with E-state index in [0.29, 0.717) is 23.9 Å². The van der Waals surface area contributed by atoms with Gasteiger partial charge < -0.3 is 5.11 Å². The molecule has 0 saturated heterocycles. The number of carbonyl (C=O) groups excluding carboxylic acids is 2. The van der Waals surface area contributed by atoms with Gasteiger partial charge in [-0.3, -0.25) is 23.5 Å². The van der Waals surface area contributed by atoms with Gasteiger partial charge in [-0.2, -0.15) is 0 Å². The number of hydrogen-bond donors (Lipinski definition) is 1. The fourth-order valence-electron chi connectivity index (χ4n) is 3.80. The molecule has 1 fully saturated rings. The molecule has 1 aromatic carbocycles. The summed E-state index contributed by atoms with van der Waals surface area (Å²) in [6.07, 6.45) is 6.84. The topological polar surface area (TPSA) is 98.4 Å². The smallest absolute Gasteiger partial charge is 0.332 e. The van der Waals surface area contributed by atoms with Crippen molar-refractivity contribution < 1.29 is 14.7 Å². The first kappa shape index (κ1) is 20.3. The first-order valence-electron chi connectivity index (χ1n) is 9.53. The molecule has 7 heteroatoms. The van der Waals surface area contributed by atoms with E-state index in [1.807, 2.05) is 6.92 Å². The number of benzene rings is 1. The lowest BCUT2D eigenvalue weighted by atomic mass is 9.88. The maximum atomic E-state index is 13.1. The van der Waals surface area contributed by atoms with E-state index in [1.165, 1.54) is 16.7 Å². The largest absolute Gasteiger partial charge is 0.506 e. The lowest BCUT2D eigenvalue weighted by molar-refractivity contribution is -0.123. The van der Waals surface area contributed by atoms with Gasteiger partial charge >= 0.3 is 5.69 Å². The van der Waals surface area contributed by atoms with Gasteiger partial charge in [-0.1, -0.05) is 12.8 Å². The fourth-order valence-corrected chi connectivity index (χ4v) is 3.80. The lowest BCUT2D eigenvalue weighted by Crippen LogP contribution is -2.40. The number of fused-ring (bicyclic) bond motifs is 1. The molecule has 3 rings (SSSR count). The summed E-state index contributed by atoms with van der Waals surface area (Å²) in [7, 11) is 0. The number of carbonyl (C=O) groups is 2. The van der Waals surface area contributed by atoms with Gasteiger partial charge in [0.1, 0.15) is 11.3 Å². The Morgan fingerprint density at radius 3 is 2.38 bits per heavy atom. The molecule has 29 heavy (non-hydrogen) atoms. The van der Waals surface area contributed by atoms with E-state index in [0.717, 1.165) is 4.57 Å². The molecular formula is C22H22N2O5. The number of Topliss-reactive ketones (excluding diaryl/α,β-unsaturated/α-hetero) is 2. The molecule has 150 valence electrons. The normalized spacial score (nSPS) is 14.3. The summed E-state index contributed by atoms with van der Waals surface area (Å²) >= 11 is 0. The van der Waals surface area contributed by atoms with Crippen LogP contribution in [0.3, 0.4) is 0 Å². The fraction of sp³-hybridized carbons (Fsp3) is 0.364. The Labute approximate surface area is 167 Å². The van der Waals surface area contributed by atoms with Crippen molar-refractivity contribution in [3.63, 3.8) is 0 Å². The van der Waals surface area contributed by atoms with Crippen LogP contribution in [0.15, 0.2) is 27.3 Å². The Bertz CT molecular complexity index is 1200. The third kappa shape index (κ3) is 3.31. The second kappa shape index (κ2) is 7.92. The molecule has 1 aromatic heterocycles. The number of terminal acetylenes is 1. The Morgan fingerprint density at radius 1 is 1.14 bits per heavy atom. The van der Waals surface area contributed by atoms with Crippen molar-refractivity contribution in [1.82, 2.24) is 9.13 Å². The number of nitrogens with zero attached hydrogens (tertiary/aromatic N) is 2. The van der Waals surface area contributed by atoms with Crippen molar-refractivity contribution in [2.45, 2.75) is 52.6 Å². The van der Waals surface area contributed by atoms with Gasteiger partial charge in [0, 0.05) is 24.9 Å². The van der Waals surface area contributed by atoms with Crippen LogP contribution in [-0.4, -0.2) is 25.8 Å². The predicted octanol–water partition coefficient (Wildman–Crippen LogP) is 2.11. The molecule has 0 unspecified atom stereocenters. The molecule has 1 heterocycles. The summed E-state index contributed by atoms with van der Waals surface area (Å²) in [5.41, 5.74) is -0.232. The second-order valence-corrected chi connectivity index (χ2v) is 7.09. The van der Waals surface area contributed by atoms with Crippen molar-refractivity contribution in [2.75, 3.05) is 0 Å². The summed E-state index contributed by atoms with van der Waals surface area (Å²) < 4.78 is 2.46. The summed E-state index contributed by atoms with van der Waals surface area (Å²) in [5.74, 6) is 1.20. The minimum atomic E-state index is -0.491. The average molecular weight is 394 g/mol. The van der Waals surface area contributed by atoms with E-state index in [1.54, 1.807) is 6.92 Å². The standard InChI is InChI=1S/C22H22N2O5/c1-4-11-23-15-10-9-14(20(27)19-16(25)7-6-8-17(19)26)13(3)18(15)21(28)24(12-5-2)22(23)29/h1,9-10,27H,5-8,11-12H2,2-3H3.